The average molecular weight is 286 g/mol. The Bertz CT molecular complexity index is 454. The van der Waals surface area contributed by atoms with E-state index in [1.165, 1.54) is 12.5 Å². The summed E-state index contributed by atoms with van der Waals surface area (Å²) < 4.78 is 19.1. The van der Waals surface area contributed by atoms with E-state index in [-0.39, 0.29) is 17.5 Å². The molecule has 4 heteroatoms. The Morgan fingerprint density at radius 1 is 1.47 bits per heavy atom. The maximum absolute atomic E-state index is 13.5. The van der Waals surface area contributed by atoms with Gasteiger partial charge in [0.2, 0.25) is 0 Å². The van der Waals surface area contributed by atoms with E-state index < -0.39 is 0 Å². The smallest absolute Gasteiger partial charge is 0.127 e. The Morgan fingerprint density at radius 3 is 2.63 bits per heavy atom. The van der Waals surface area contributed by atoms with Crippen molar-refractivity contribution in [3.8, 4) is 0 Å². The third kappa shape index (κ3) is 2.93. The topological polar surface area (TPSA) is 21.3 Å². The molecule has 1 atom stereocenters. The van der Waals surface area contributed by atoms with E-state index in [4.69, 9.17) is 16.3 Å². The van der Waals surface area contributed by atoms with Crippen LogP contribution in [-0.2, 0) is 4.74 Å². The molecule has 0 radical (unpaired) electrons. The molecular formula is C15H21ClFNO. The minimum Gasteiger partial charge on any atom is -0.378 e. The van der Waals surface area contributed by atoms with Gasteiger partial charge in [0.1, 0.15) is 5.82 Å². The SMILES string of the molecule is CNC(CC1(OC)CCC1)c1cc(C)c(F)cc1Cl. The second-order valence-corrected chi connectivity index (χ2v) is 5.82. The molecule has 0 aliphatic heterocycles. The zero-order valence-electron chi connectivity index (χ0n) is 11.7. The standard InChI is InChI=1S/C15H21ClFNO/c1-10-7-11(12(16)8-13(10)17)14(18-2)9-15(19-3)5-4-6-15/h7-8,14,18H,4-6,9H2,1-3H3. The number of aryl methyl sites for hydroxylation is 1. The first kappa shape index (κ1) is 14.8. The Balaban J connectivity index is 2.24. The molecule has 1 N–H and O–H groups in total. The van der Waals surface area contributed by atoms with Crippen molar-refractivity contribution in [2.75, 3.05) is 14.2 Å². The predicted molar refractivity (Wildman–Crippen MR) is 76.2 cm³/mol. The highest BCUT2D eigenvalue weighted by Gasteiger charge is 2.39. The summed E-state index contributed by atoms with van der Waals surface area (Å²) in [6.45, 7) is 1.76. The minimum absolute atomic E-state index is 0.0424. The Labute approximate surface area is 119 Å². The quantitative estimate of drug-likeness (QED) is 0.883. The van der Waals surface area contributed by atoms with E-state index in [2.05, 4.69) is 5.32 Å². The lowest BCUT2D eigenvalue weighted by atomic mass is 9.74. The van der Waals surface area contributed by atoms with Gasteiger partial charge in [-0.3, -0.25) is 0 Å². The van der Waals surface area contributed by atoms with E-state index in [1.807, 2.05) is 13.1 Å². The zero-order chi connectivity index (χ0) is 14.0. The van der Waals surface area contributed by atoms with Crippen LogP contribution in [0.5, 0.6) is 0 Å². The molecule has 0 spiro atoms. The van der Waals surface area contributed by atoms with Crippen molar-refractivity contribution in [1.82, 2.24) is 5.32 Å². The number of hydrogen-bond acceptors (Lipinski definition) is 2. The van der Waals surface area contributed by atoms with Crippen LogP contribution in [0.25, 0.3) is 0 Å². The minimum atomic E-state index is -0.256. The first-order valence-corrected chi connectivity index (χ1v) is 7.07. The molecule has 1 fully saturated rings. The number of halogens is 2. The van der Waals surface area contributed by atoms with Gasteiger partial charge in [-0.15, -0.1) is 0 Å². The van der Waals surface area contributed by atoms with Crippen molar-refractivity contribution in [2.24, 2.45) is 0 Å². The Kier molecular flexibility index (Phi) is 4.49. The van der Waals surface area contributed by atoms with Crippen LogP contribution in [0.4, 0.5) is 4.39 Å². The Hall–Kier alpha value is -0.640. The van der Waals surface area contributed by atoms with Crippen LogP contribution >= 0.6 is 11.6 Å². The van der Waals surface area contributed by atoms with E-state index in [1.54, 1.807) is 14.0 Å². The van der Waals surface area contributed by atoms with Gasteiger partial charge in [-0.05, 0) is 56.8 Å². The summed E-state index contributed by atoms with van der Waals surface area (Å²) in [6, 6.07) is 3.32. The van der Waals surface area contributed by atoms with Crippen LogP contribution in [0.15, 0.2) is 12.1 Å². The van der Waals surface area contributed by atoms with Gasteiger partial charge < -0.3 is 10.1 Å². The Morgan fingerprint density at radius 2 is 2.16 bits per heavy atom. The molecular weight excluding hydrogens is 265 g/mol. The fraction of sp³-hybridized carbons (Fsp3) is 0.600. The van der Waals surface area contributed by atoms with Gasteiger partial charge in [0.05, 0.1) is 5.60 Å². The van der Waals surface area contributed by atoms with E-state index in [0.717, 1.165) is 24.8 Å². The molecule has 106 valence electrons. The number of ether oxygens (including phenoxy) is 1. The molecule has 1 aliphatic carbocycles. The molecule has 1 unspecified atom stereocenters. The maximum atomic E-state index is 13.5. The third-order valence-electron chi connectivity index (χ3n) is 4.28. The van der Waals surface area contributed by atoms with Crippen LogP contribution in [0, 0.1) is 12.7 Å². The summed E-state index contributed by atoms with van der Waals surface area (Å²) in [4.78, 5) is 0. The molecule has 1 aliphatic rings. The third-order valence-corrected chi connectivity index (χ3v) is 4.60. The van der Waals surface area contributed by atoms with Gasteiger partial charge in [-0.1, -0.05) is 17.7 Å². The van der Waals surface area contributed by atoms with Gasteiger partial charge in [0.15, 0.2) is 0 Å². The zero-order valence-corrected chi connectivity index (χ0v) is 12.5. The van der Waals surface area contributed by atoms with Crippen LogP contribution in [0.3, 0.4) is 0 Å². The molecule has 0 aromatic heterocycles. The van der Waals surface area contributed by atoms with Crippen molar-refractivity contribution < 1.29 is 9.13 Å². The van der Waals surface area contributed by atoms with Crippen LogP contribution < -0.4 is 5.32 Å². The fourth-order valence-corrected chi connectivity index (χ4v) is 3.03. The number of nitrogens with one attached hydrogen (secondary N) is 1. The van der Waals surface area contributed by atoms with Crippen LogP contribution in [-0.4, -0.2) is 19.8 Å². The number of hydrogen-bond donors (Lipinski definition) is 1. The lowest BCUT2D eigenvalue weighted by Crippen LogP contribution is -2.42. The largest absolute Gasteiger partial charge is 0.378 e. The van der Waals surface area contributed by atoms with Gasteiger partial charge >= 0.3 is 0 Å². The normalized spacial score (nSPS) is 19.0. The molecule has 2 nitrogen and oxygen atoms in total. The molecule has 1 saturated carbocycles. The van der Waals surface area contributed by atoms with Crippen LogP contribution in [0.1, 0.15) is 42.9 Å². The molecule has 0 bridgehead atoms. The highest BCUT2D eigenvalue weighted by Crippen LogP contribution is 2.42. The monoisotopic (exact) mass is 285 g/mol. The van der Waals surface area contributed by atoms with Crippen molar-refractivity contribution in [2.45, 2.75) is 44.2 Å². The highest BCUT2D eigenvalue weighted by molar-refractivity contribution is 6.31. The summed E-state index contributed by atoms with van der Waals surface area (Å²) in [7, 11) is 3.67. The number of benzene rings is 1. The molecule has 1 aromatic carbocycles. The molecule has 1 aromatic rings. The summed E-state index contributed by atoms with van der Waals surface area (Å²) in [5.74, 6) is -0.256. The average Bonchev–Trinajstić information content (AvgIpc) is 2.34. The fourth-order valence-electron chi connectivity index (χ4n) is 2.75. The van der Waals surface area contributed by atoms with Gasteiger partial charge in [0, 0.05) is 18.2 Å². The van der Waals surface area contributed by atoms with E-state index in [0.29, 0.717) is 10.6 Å². The molecule has 0 amide bonds. The lowest BCUT2D eigenvalue weighted by molar-refractivity contribution is -0.0834. The summed E-state index contributed by atoms with van der Waals surface area (Å²) in [5.41, 5.74) is 1.53. The first-order chi connectivity index (χ1) is 9.01. The molecule has 0 heterocycles. The van der Waals surface area contributed by atoms with Gasteiger partial charge in [-0.2, -0.15) is 0 Å². The second-order valence-electron chi connectivity index (χ2n) is 5.41. The lowest BCUT2D eigenvalue weighted by Gasteiger charge is -2.43. The van der Waals surface area contributed by atoms with Gasteiger partial charge in [-0.25, -0.2) is 4.39 Å². The summed E-state index contributed by atoms with van der Waals surface area (Å²) >= 11 is 6.19. The predicted octanol–water partition coefficient (Wildman–Crippen LogP) is 4.01. The van der Waals surface area contributed by atoms with Crippen molar-refractivity contribution in [1.29, 1.82) is 0 Å². The molecule has 19 heavy (non-hydrogen) atoms. The molecule has 0 saturated heterocycles. The second kappa shape index (κ2) is 5.78. The van der Waals surface area contributed by atoms with Crippen molar-refractivity contribution >= 4 is 11.6 Å². The van der Waals surface area contributed by atoms with E-state index in [9.17, 15) is 4.39 Å². The summed E-state index contributed by atoms with van der Waals surface area (Å²) in [5, 5.41) is 3.76. The van der Waals surface area contributed by atoms with E-state index >= 15 is 0 Å². The van der Waals surface area contributed by atoms with Gasteiger partial charge in [0.25, 0.3) is 0 Å². The number of rotatable bonds is 5. The van der Waals surface area contributed by atoms with Crippen molar-refractivity contribution in [3.05, 3.63) is 34.1 Å². The highest BCUT2D eigenvalue weighted by atomic mass is 35.5. The van der Waals surface area contributed by atoms with Crippen molar-refractivity contribution in [3.63, 3.8) is 0 Å². The first-order valence-electron chi connectivity index (χ1n) is 6.69. The van der Waals surface area contributed by atoms with Crippen LogP contribution in [0.2, 0.25) is 5.02 Å². The maximum Gasteiger partial charge on any atom is 0.127 e. The number of methoxy groups -OCH3 is 1. The summed E-state index contributed by atoms with van der Waals surface area (Å²) in [6.07, 6.45) is 4.24. The molecule has 2 rings (SSSR count).